The highest BCUT2D eigenvalue weighted by Gasteiger charge is 2.55. The third-order valence-electron chi connectivity index (χ3n) is 7.56. The number of hydrogen-bond donors (Lipinski definition) is 4. The summed E-state index contributed by atoms with van der Waals surface area (Å²) in [4.78, 5) is 0. The fraction of sp³-hybridized carbons (Fsp3) is 0.400. The molecule has 3 aromatic rings. The van der Waals surface area contributed by atoms with Gasteiger partial charge in [0.05, 0.1) is 13.2 Å². The summed E-state index contributed by atoms with van der Waals surface area (Å²) in [6.45, 7) is 6.14. The average Bonchev–Trinajstić information content (AvgIpc) is 2.94. The van der Waals surface area contributed by atoms with Crippen molar-refractivity contribution in [3.8, 4) is 0 Å². The molecule has 39 heavy (non-hydrogen) atoms. The number of ether oxygens (including phenoxy) is 2. The first-order valence-electron chi connectivity index (χ1n) is 12.9. The second-order valence-electron chi connectivity index (χ2n) is 10.9. The Labute approximate surface area is 235 Å². The SMILES string of the molecule is COC1(c2ccc(Cl)c(CO[Si](c3ccccc3)(c3ccccc3)C(C)(C)C)c2)OC(CO)[C@H](O)[C@H](O)C1O. The minimum atomic E-state index is -2.87. The van der Waals surface area contributed by atoms with Crippen molar-refractivity contribution in [2.75, 3.05) is 13.7 Å². The lowest BCUT2D eigenvalue weighted by molar-refractivity contribution is -0.366. The summed E-state index contributed by atoms with van der Waals surface area (Å²) < 4.78 is 18.5. The second-order valence-corrected chi connectivity index (χ2v) is 15.6. The zero-order valence-corrected chi connectivity index (χ0v) is 24.4. The first-order valence-corrected chi connectivity index (χ1v) is 15.2. The molecule has 4 rings (SSSR count). The van der Waals surface area contributed by atoms with Gasteiger partial charge in [0, 0.05) is 17.7 Å². The Hall–Kier alpha value is -2.11. The summed E-state index contributed by atoms with van der Waals surface area (Å²) in [5, 5.41) is 43.9. The third-order valence-corrected chi connectivity index (χ3v) is 12.9. The lowest BCUT2D eigenvalue weighted by Crippen LogP contribution is -2.66. The Balaban J connectivity index is 1.78. The molecule has 0 aliphatic carbocycles. The molecule has 0 bridgehead atoms. The molecule has 1 aliphatic rings. The quantitative estimate of drug-likeness (QED) is 0.307. The monoisotopic (exact) mass is 572 g/mol. The van der Waals surface area contributed by atoms with Crippen molar-refractivity contribution in [2.24, 2.45) is 0 Å². The van der Waals surface area contributed by atoms with Crippen molar-refractivity contribution >= 4 is 30.3 Å². The van der Waals surface area contributed by atoms with Crippen LogP contribution in [0.2, 0.25) is 10.1 Å². The molecule has 9 heteroatoms. The highest BCUT2D eigenvalue weighted by atomic mass is 35.5. The summed E-state index contributed by atoms with van der Waals surface area (Å²) >= 11 is 6.66. The van der Waals surface area contributed by atoms with Gasteiger partial charge in [-0.25, -0.2) is 0 Å². The van der Waals surface area contributed by atoms with Gasteiger partial charge in [-0.05, 0) is 33.1 Å². The average molecular weight is 573 g/mol. The second kappa shape index (κ2) is 11.8. The van der Waals surface area contributed by atoms with E-state index in [0.29, 0.717) is 16.1 Å². The molecule has 0 aromatic heterocycles. The van der Waals surface area contributed by atoms with E-state index in [1.807, 2.05) is 36.4 Å². The standard InChI is InChI=1S/C30H37ClO7Si/c1-29(2,3)39(22-11-7-5-8-12-22,23-13-9-6-10-14-23)37-19-20-17-21(15-16-24(20)31)30(36-4)28(35)27(34)26(33)25(18-32)38-30/h5-17,25-28,32-35H,18-19H2,1-4H3/t25?,26-,27-,28?,30?/m0/s1. The summed E-state index contributed by atoms with van der Waals surface area (Å²) in [6.07, 6.45) is -5.90. The van der Waals surface area contributed by atoms with Gasteiger partial charge in [0.25, 0.3) is 8.32 Å². The third kappa shape index (κ3) is 5.34. The van der Waals surface area contributed by atoms with E-state index in [1.54, 1.807) is 18.2 Å². The maximum absolute atomic E-state index is 10.9. The highest BCUT2D eigenvalue weighted by Crippen LogP contribution is 2.41. The molecule has 3 unspecified atom stereocenters. The summed E-state index contributed by atoms with van der Waals surface area (Å²) in [6, 6.07) is 25.5. The van der Waals surface area contributed by atoms with Crippen LogP contribution in [0.5, 0.6) is 0 Å². The topological polar surface area (TPSA) is 109 Å². The van der Waals surface area contributed by atoms with Crippen LogP contribution in [0, 0.1) is 0 Å². The Morgan fingerprint density at radius 1 is 0.897 bits per heavy atom. The van der Waals surface area contributed by atoms with Crippen molar-refractivity contribution in [2.45, 2.75) is 62.6 Å². The predicted molar refractivity (Wildman–Crippen MR) is 153 cm³/mol. The van der Waals surface area contributed by atoms with Crippen LogP contribution in [0.25, 0.3) is 0 Å². The van der Waals surface area contributed by atoms with Gasteiger partial charge in [0.15, 0.2) is 0 Å². The van der Waals surface area contributed by atoms with Crippen molar-refractivity contribution in [1.82, 2.24) is 0 Å². The highest BCUT2D eigenvalue weighted by molar-refractivity contribution is 6.99. The minimum Gasteiger partial charge on any atom is -0.403 e. The molecule has 0 radical (unpaired) electrons. The van der Waals surface area contributed by atoms with Gasteiger partial charge in [0.1, 0.15) is 24.4 Å². The lowest BCUT2D eigenvalue weighted by Gasteiger charge is -2.47. The molecule has 3 aromatic carbocycles. The fourth-order valence-electron chi connectivity index (χ4n) is 5.52. The Morgan fingerprint density at radius 3 is 1.95 bits per heavy atom. The first kappa shape index (κ1) is 29.9. The van der Waals surface area contributed by atoms with E-state index >= 15 is 0 Å². The summed E-state index contributed by atoms with van der Waals surface area (Å²) in [5.74, 6) is -1.84. The Morgan fingerprint density at radius 2 is 1.46 bits per heavy atom. The number of aliphatic hydroxyl groups excluding tert-OH is 4. The van der Waals surface area contributed by atoms with Gasteiger partial charge >= 0.3 is 0 Å². The fourth-order valence-corrected chi connectivity index (χ4v) is 10.2. The van der Waals surface area contributed by atoms with Gasteiger partial charge in [-0.3, -0.25) is 0 Å². The number of rotatable bonds is 8. The van der Waals surface area contributed by atoms with Crippen LogP contribution in [-0.4, -0.2) is 66.9 Å². The largest absolute Gasteiger partial charge is 0.403 e. The maximum Gasteiger partial charge on any atom is 0.261 e. The molecular weight excluding hydrogens is 536 g/mol. The van der Waals surface area contributed by atoms with Gasteiger partial charge in [0.2, 0.25) is 5.79 Å². The Kier molecular flexibility index (Phi) is 9.02. The number of hydrogen-bond acceptors (Lipinski definition) is 7. The number of aliphatic hydroxyl groups is 4. The van der Waals surface area contributed by atoms with E-state index in [9.17, 15) is 20.4 Å². The van der Waals surface area contributed by atoms with E-state index in [1.165, 1.54) is 7.11 Å². The van der Waals surface area contributed by atoms with Crippen LogP contribution in [-0.2, 0) is 26.3 Å². The number of halogens is 1. The van der Waals surface area contributed by atoms with E-state index < -0.39 is 45.1 Å². The van der Waals surface area contributed by atoms with Crippen molar-refractivity contribution in [3.63, 3.8) is 0 Å². The normalized spacial score (nSPS) is 26.0. The predicted octanol–water partition coefficient (Wildman–Crippen LogP) is 2.69. The lowest BCUT2D eigenvalue weighted by atomic mass is 9.87. The van der Waals surface area contributed by atoms with Gasteiger partial charge in [-0.1, -0.05) is 99.1 Å². The first-order chi connectivity index (χ1) is 18.5. The van der Waals surface area contributed by atoms with Crippen LogP contribution < -0.4 is 10.4 Å². The van der Waals surface area contributed by atoms with Crippen molar-refractivity contribution < 1.29 is 34.3 Å². The molecule has 210 valence electrons. The molecule has 0 amide bonds. The summed E-state index contributed by atoms with van der Waals surface area (Å²) in [7, 11) is -1.54. The van der Waals surface area contributed by atoms with Crippen molar-refractivity contribution in [1.29, 1.82) is 0 Å². The molecule has 1 fully saturated rings. The molecule has 1 aliphatic heterocycles. The maximum atomic E-state index is 10.9. The molecule has 7 nitrogen and oxygen atoms in total. The molecule has 0 spiro atoms. The van der Waals surface area contributed by atoms with E-state index in [4.69, 9.17) is 25.5 Å². The van der Waals surface area contributed by atoms with Crippen LogP contribution in [0.3, 0.4) is 0 Å². The molecule has 5 atom stereocenters. The Bertz CT molecular complexity index is 1200. The van der Waals surface area contributed by atoms with Crippen LogP contribution in [0.1, 0.15) is 31.9 Å². The van der Waals surface area contributed by atoms with Gasteiger partial charge in [-0.15, -0.1) is 0 Å². The molecular formula is C30H37ClO7Si. The molecule has 1 heterocycles. The van der Waals surface area contributed by atoms with E-state index in [0.717, 1.165) is 10.4 Å². The molecule has 1 saturated heterocycles. The smallest absolute Gasteiger partial charge is 0.261 e. The van der Waals surface area contributed by atoms with Crippen LogP contribution in [0.15, 0.2) is 78.9 Å². The molecule has 4 N–H and O–H groups in total. The van der Waals surface area contributed by atoms with Crippen LogP contribution >= 0.6 is 11.6 Å². The van der Waals surface area contributed by atoms with Crippen LogP contribution in [0.4, 0.5) is 0 Å². The number of methoxy groups -OCH3 is 1. The van der Waals surface area contributed by atoms with Gasteiger partial charge < -0.3 is 34.3 Å². The van der Waals surface area contributed by atoms with Gasteiger partial charge in [-0.2, -0.15) is 0 Å². The number of benzene rings is 3. The summed E-state index contributed by atoms with van der Waals surface area (Å²) in [5.41, 5.74) is 1.00. The zero-order chi connectivity index (χ0) is 28.4. The van der Waals surface area contributed by atoms with E-state index in [-0.39, 0.29) is 11.6 Å². The van der Waals surface area contributed by atoms with Crippen molar-refractivity contribution in [3.05, 3.63) is 95.0 Å². The molecule has 0 saturated carbocycles. The minimum absolute atomic E-state index is 0.157. The van der Waals surface area contributed by atoms with E-state index in [2.05, 4.69) is 45.0 Å². The zero-order valence-electron chi connectivity index (χ0n) is 22.6.